The Labute approximate surface area is 154 Å². The summed E-state index contributed by atoms with van der Waals surface area (Å²) in [6.07, 6.45) is 3.41. The molecule has 4 nitrogen and oxygen atoms in total. The Morgan fingerprint density at radius 1 is 1.20 bits per heavy atom. The van der Waals surface area contributed by atoms with E-state index in [0.29, 0.717) is 34.9 Å². The first-order valence-electron chi connectivity index (χ1n) is 8.19. The molecule has 0 amide bonds. The maximum Gasteiger partial charge on any atom is 0.161 e. The van der Waals surface area contributed by atoms with Crippen molar-refractivity contribution in [1.29, 1.82) is 0 Å². The molecular weight excluding hydrogens is 358 g/mol. The molecule has 2 aromatic rings. The summed E-state index contributed by atoms with van der Waals surface area (Å²) in [4.78, 5) is 12.0. The highest BCUT2D eigenvalue weighted by Crippen LogP contribution is 2.45. The van der Waals surface area contributed by atoms with Gasteiger partial charge in [-0.1, -0.05) is 17.2 Å². The molecule has 6 heteroatoms. The first-order chi connectivity index (χ1) is 11.8. The highest BCUT2D eigenvalue weighted by molar-refractivity contribution is 8.24. The van der Waals surface area contributed by atoms with E-state index in [0.717, 1.165) is 17.1 Å². The molecule has 1 fully saturated rings. The number of hydrogen-bond donors (Lipinski definition) is 2. The number of carbonyl (C=O) groups excluding carboxylic acids is 1. The zero-order chi connectivity index (χ0) is 18.2. The molecule has 2 heterocycles. The van der Waals surface area contributed by atoms with Crippen molar-refractivity contribution in [2.24, 2.45) is 0 Å². The number of aromatic nitrogens is 1. The number of hydrogen-bond acceptors (Lipinski definition) is 3. The average Bonchev–Trinajstić information content (AvgIpc) is 2.87. The van der Waals surface area contributed by atoms with E-state index in [9.17, 15) is 13.9 Å². The van der Waals surface area contributed by atoms with Gasteiger partial charge < -0.3 is 4.57 Å². The molecule has 0 saturated carbocycles. The molecule has 25 heavy (non-hydrogen) atoms. The topological polar surface area (TPSA) is 62.5 Å². The van der Waals surface area contributed by atoms with E-state index in [1.807, 2.05) is 41.8 Å². The molecule has 1 saturated heterocycles. The third-order valence-corrected chi connectivity index (χ3v) is 6.56. The Hall–Kier alpha value is -1.53. The summed E-state index contributed by atoms with van der Waals surface area (Å²) in [6, 6.07) is 9.43. The fraction of sp³-hybridized carbons (Fsp3) is 0.316. The summed E-state index contributed by atoms with van der Waals surface area (Å²) in [5.41, 5.74) is 4.64. The fourth-order valence-corrected chi connectivity index (χ4v) is 4.70. The van der Waals surface area contributed by atoms with Crippen LogP contribution < -0.4 is 0 Å². The average molecular weight is 380 g/mol. The van der Waals surface area contributed by atoms with Crippen LogP contribution >= 0.6 is 22.2 Å². The summed E-state index contributed by atoms with van der Waals surface area (Å²) >= 11 is 6.00. The Morgan fingerprint density at radius 2 is 1.80 bits per heavy atom. The third kappa shape index (κ3) is 4.01. The van der Waals surface area contributed by atoms with Gasteiger partial charge in [-0.3, -0.25) is 13.9 Å². The van der Waals surface area contributed by atoms with Crippen molar-refractivity contribution in [2.75, 3.05) is 11.5 Å². The normalized spacial score (nSPS) is 18.0. The zero-order valence-electron chi connectivity index (χ0n) is 14.3. The second-order valence-corrected chi connectivity index (χ2v) is 9.31. The summed E-state index contributed by atoms with van der Waals surface area (Å²) in [6.45, 7) is 3.51. The van der Waals surface area contributed by atoms with Crippen LogP contribution in [0.15, 0.2) is 35.9 Å². The van der Waals surface area contributed by atoms with Crippen LogP contribution in [-0.2, 0) is 0 Å². The smallest absolute Gasteiger partial charge is 0.161 e. The predicted molar refractivity (Wildman–Crippen MR) is 105 cm³/mol. The van der Waals surface area contributed by atoms with Gasteiger partial charge in [0.15, 0.2) is 5.78 Å². The van der Waals surface area contributed by atoms with E-state index in [2.05, 4.69) is 6.08 Å². The lowest BCUT2D eigenvalue weighted by Gasteiger charge is -2.36. The summed E-state index contributed by atoms with van der Waals surface area (Å²) in [5, 5.41) is 0.665. The minimum absolute atomic E-state index is 0.0303. The minimum atomic E-state index is -2.41. The number of allylic oxidation sites excluding steroid dienone is 1. The maximum atomic E-state index is 12.0. The van der Waals surface area contributed by atoms with Crippen molar-refractivity contribution < 1.29 is 13.9 Å². The molecular formula is C19H22ClNO3S. The van der Waals surface area contributed by atoms with Crippen LogP contribution in [0.5, 0.6) is 0 Å². The summed E-state index contributed by atoms with van der Waals surface area (Å²) in [5.74, 6) is 0.862. The van der Waals surface area contributed by atoms with Crippen LogP contribution in [0.25, 0.3) is 11.8 Å². The van der Waals surface area contributed by atoms with Crippen molar-refractivity contribution >= 4 is 34.1 Å². The monoisotopic (exact) mass is 379 g/mol. The molecule has 3 rings (SSSR count). The first kappa shape index (κ1) is 18.3. The van der Waals surface area contributed by atoms with Crippen LogP contribution in [0.3, 0.4) is 0 Å². The van der Waals surface area contributed by atoms with E-state index >= 15 is 0 Å². The molecule has 2 N–H and O–H groups in total. The van der Waals surface area contributed by atoms with Gasteiger partial charge in [0.2, 0.25) is 0 Å². The molecule has 134 valence electrons. The van der Waals surface area contributed by atoms with Crippen molar-refractivity contribution in [3.8, 4) is 5.69 Å². The Balaban J connectivity index is 2.05. The Kier molecular flexibility index (Phi) is 5.11. The number of carbonyl (C=O) groups is 1. The highest BCUT2D eigenvalue weighted by Gasteiger charge is 2.21. The number of Topliss-reactive ketones (excluding diaryl/α,β-unsaturated/α-hetero) is 1. The standard InChI is InChI=1S/C19H22ClNO3S/c1-13-19(14(2)22)12-18(11-15-7-9-25(23,24)10-8-15)21(13)17-5-3-16(20)4-6-17/h3-6,11-12,23-24H,7-10H2,1-2H3. The number of nitrogens with zero attached hydrogens (tertiary/aromatic N) is 1. The van der Waals surface area contributed by atoms with E-state index in [4.69, 9.17) is 11.6 Å². The van der Waals surface area contributed by atoms with Gasteiger partial charge in [0.25, 0.3) is 0 Å². The van der Waals surface area contributed by atoms with Crippen LogP contribution in [0, 0.1) is 6.92 Å². The van der Waals surface area contributed by atoms with Gasteiger partial charge in [0, 0.05) is 39.2 Å². The second kappa shape index (κ2) is 7.00. The van der Waals surface area contributed by atoms with Gasteiger partial charge in [0.1, 0.15) is 0 Å². The molecule has 0 atom stereocenters. The lowest BCUT2D eigenvalue weighted by Crippen LogP contribution is -2.14. The van der Waals surface area contributed by atoms with Crippen LogP contribution in [0.2, 0.25) is 5.02 Å². The lowest BCUT2D eigenvalue weighted by atomic mass is 10.1. The van der Waals surface area contributed by atoms with Crippen molar-refractivity contribution in [1.82, 2.24) is 4.57 Å². The quantitative estimate of drug-likeness (QED) is 0.685. The van der Waals surface area contributed by atoms with Gasteiger partial charge in [-0.25, -0.2) is 0 Å². The molecule has 0 spiro atoms. The van der Waals surface area contributed by atoms with E-state index in [-0.39, 0.29) is 5.78 Å². The van der Waals surface area contributed by atoms with Gasteiger partial charge in [0.05, 0.1) is 0 Å². The summed E-state index contributed by atoms with van der Waals surface area (Å²) in [7, 11) is -2.41. The first-order valence-corrected chi connectivity index (χ1v) is 10.5. The van der Waals surface area contributed by atoms with Gasteiger partial charge in [-0.2, -0.15) is 10.6 Å². The lowest BCUT2D eigenvalue weighted by molar-refractivity contribution is 0.101. The van der Waals surface area contributed by atoms with E-state index < -0.39 is 10.6 Å². The molecule has 0 aliphatic carbocycles. The van der Waals surface area contributed by atoms with Crippen molar-refractivity contribution in [3.05, 3.63) is 57.9 Å². The zero-order valence-corrected chi connectivity index (χ0v) is 15.9. The van der Waals surface area contributed by atoms with Gasteiger partial charge >= 0.3 is 0 Å². The fourth-order valence-electron chi connectivity index (χ4n) is 3.20. The molecule has 0 bridgehead atoms. The number of ketones is 1. The number of rotatable bonds is 3. The van der Waals surface area contributed by atoms with Crippen molar-refractivity contribution in [3.63, 3.8) is 0 Å². The van der Waals surface area contributed by atoms with Gasteiger partial charge in [-0.05, 0) is 63.1 Å². The Bertz CT molecular complexity index is 825. The van der Waals surface area contributed by atoms with Crippen LogP contribution in [0.4, 0.5) is 0 Å². The second-order valence-electron chi connectivity index (χ2n) is 6.45. The number of halogens is 1. The predicted octanol–water partition coefficient (Wildman–Crippen LogP) is 5.57. The third-order valence-electron chi connectivity index (χ3n) is 4.59. The molecule has 0 radical (unpaired) electrons. The molecule has 1 aliphatic rings. The molecule has 1 aromatic carbocycles. The maximum absolute atomic E-state index is 12.0. The Morgan fingerprint density at radius 3 is 2.36 bits per heavy atom. The van der Waals surface area contributed by atoms with Crippen LogP contribution in [0.1, 0.15) is 41.5 Å². The van der Waals surface area contributed by atoms with Crippen molar-refractivity contribution in [2.45, 2.75) is 26.7 Å². The van der Waals surface area contributed by atoms with Gasteiger partial charge in [-0.15, -0.1) is 0 Å². The molecule has 1 aromatic heterocycles. The highest BCUT2D eigenvalue weighted by atomic mass is 35.5. The van der Waals surface area contributed by atoms with Crippen LogP contribution in [-0.4, -0.2) is 31.0 Å². The van der Waals surface area contributed by atoms with E-state index in [1.54, 1.807) is 6.92 Å². The van der Waals surface area contributed by atoms with E-state index in [1.165, 1.54) is 5.57 Å². The minimum Gasteiger partial charge on any atom is -0.314 e. The largest absolute Gasteiger partial charge is 0.314 e. The molecule has 1 aliphatic heterocycles. The number of benzene rings is 1. The summed E-state index contributed by atoms with van der Waals surface area (Å²) < 4.78 is 21.6. The SMILES string of the molecule is CC(=O)c1cc(C=C2CCS(O)(O)CC2)n(-c2ccc(Cl)cc2)c1C. The molecule has 0 unspecified atom stereocenters.